The zero-order chi connectivity index (χ0) is 24.5. The number of thiophene rings is 1. The monoisotopic (exact) mass is 494 g/mol. The first-order valence-electron chi connectivity index (χ1n) is 11.5. The van der Waals surface area contributed by atoms with Crippen LogP contribution in [0.4, 0.5) is 4.79 Å². The summed E-state index contributed by atoms with van der Waals surface area (Å²) in [5, 5.41) is 22.4. The number of rotatable bonds is 6. The summed E-state index contributed by atoms with van der Waals surface area (Å²) in [6.45, 7) is 3.18. The average molecular weight is 495 g/mol. The molecule has 1 saturated heterocycles. The van der Waals surface area contributed by atoms with Crippen molar-refractivity contribution < 1.29 is 24.5 Å². The number of nitrogens with one attached hydrogen (secondary N) is 1. The molecule has 1 aliphatic rings. The van der Waals surface area contributed by atoms with Crippen molar-refractivity contribution in [1.82, 2.24) is 19.8 Å². The largest absolute Gasteiger partial charge is 0.456 e. The van der Waals surface area contributed by atoms with Gasteiger partial charge in [-0.3, -0.25) is 14.3 Å². The second kappa shape index (κ2) is 9.65. The molecule has 3 N–H and O–H groups in total. The van der Waals surface area contributed by atoms with E-state index in [1.807, 2.05) is 25.1 Å². The number of hydrogen-bond acceptors (Lipinski definition) is 7. The van der Waals surface area contributed by atoms with Crippen LogP contribution in [0.5, 0.6) is 11.5 Å². The van der Waals surface area contributed by atoms with Crippen LogP contribution in [-0.4, -0.2) is 68.9 Å². The Morgan fingerprint density at radius 1 is 1.26 bits per heavy atom. The molecule has 0 saturated carbocycles. The summed E-state index contributed by atoms with van der Waals surface area (Å²) < 4.78 is 8.57. The van der Waals surface area contributed by atoms with Gasteiger partial charge in [0.05, 0.1) is 26.7 Å². The van der Waals surface area contributed by atoms with Gasteiger partial charge in [-0.05, 0) is 50.1 Å². The van der Waals surface area contributed by atoms with Crippen molar-refractivity contribution in [1.29, 1.82) is 0 Å². The van der Waals surface area contributed by atoms with Gasteiger partial charge in [-0.25, -0.2) is 4.79 Å². The van der Waals surface area contributed by atoms with Gasteiger partial charge in [-0.2, -0.15) is 0 Å². The van der Waals surface area contributed by atoms with Crippen molar-refractivity contribution in [3.8, 4) is 11.5 Å². The molecule has 1 aromatic carbocycles. The molecule has 0 aliphatic carbocycles. The summed E-state index contributed by atoms with van der Waals surface area (Å²) in [5.41, 5.74) is 2.23. The maximum absolute atomic E-state index is 12.9. The number of pyridine rings is 1. The molecule has 1 aliphatic heterocycles. The van der Waals surface area contributed by atoms with E-state index in [2.05, 4.69) is 10.3 Å². The van der Waals surface area contributed by atoms with Crippen molar-refractivity contribution in [2.45, 2.75) is 25.9 Å². The van der Waals surface area contributed by atoms with E-state index in [-0.39, 0.29) is 18.5 Å². The van der Waals surface area contributed by atoms with E-state index in [1.54, 1.807) is 33.9 Å². The van der Waals surface area contributed by atoms with Crippen LogP contribution in [0.1, 0.15) is 28.2 Å². The molecule has 0 bridgehead atoms. The van der Waals surface area contributed by atoms with Crippen LogP contribution in [0.15, 0.2) is 42.6 Å². The van der Waals surface area contributed by atoms with Crippen molar-refractivity contribution in [2.24, 2.45) is 0 Å². The van der Waals surface area contributed by atoms with Crippen LogP contribution in [0.3, 0.4) is 0 Å². The second-order valence-corrected chi connectivity index (χ2v) is 9.63. The third kappa shape index (κ3) is 4.60. The number of amides is 2. The van der Waals surface area contributed by atoms with Gasteiger partial charge in [0.25, 0.3) is 5.91 Å². The molecule has 1 fully saturated rings. The lowest BCUT2D eigenvalue weighted by Crippen LogP contribution is -2.30. The maximum atomic E-state index is 12.9. The highest BCUT2D eigenvalue weighted by atomic mass is 32.1. The Hall–Kier alpha value is -3.47. The zero-order valence-electron chi connectivity index (χ0n) is 19.2. The third-order valence-electron chi connectivity index (χ3n) is 6.04. The van der Waals surface area contributed by atoms with E-state index < -0.39 is 6.10 Å². The summed E-state index contributed by atoms with van der Waals surface area (Å²) in [5.74, 6) is 1.09. The molecule has 0 unspecified atom stereocenters. The highest BCUT2D eigenvalue weighted by Crippen LogP contribution is 2.36. The van der Waals surface area contributed by atoms with Gasteiger partial charge in [0.1, 0.15) is 11.5 Å². The third-order valence-corrected chi connectivity index (χ3v) is 7.16. The molecule has 9 nitrogen and oxygen atoms in total. The van der Waals surface area contributed by atoms with Gasteiger partial charge in [0.15, 0.2) is 0 Å². The van der Waals surface area contributed by atoms with E-state index >= 15 is 0 Å². The van der Waals surface area contributed by atoms with E-state index in [0.29, 0.717) is 54.4 Å². The summed E-state index contributed by atoms with van der Waals surface area (Å²) in [7, 11) is 0. The molecule has 4 aromatic rings. The Labute approximate surface area is 205 Å². The van der Waals surface area contributed by atoms with Crippen LogP contribution in [0.2, 0.25) is 0 Å². The molecule has 0 radical (unpaired) electrons. The van der Waals surface area contributed by atoms with Gasteiger partial charge in [0.2, 0.25) is 0 Å². The molecule has 1 atom stereocenters. The van der Waals surface area contributed by atoms with Gasteiger partial charge in [-0.1, -0.05) is 0 Å². The molecule has 182 valence electrons. The van der Waals surface area contributed by atoms with Crippen LogP contribution < -0.4 is 10.1 Å². The lowest BCUT2D eigenvalue weighted by atomic mass is 10.2. The number of hydrogen-bond donors (Lipinski definition) is 3. The van der Waals surface area contributed by atoms with E-state index in [1.165, 1.54) is 11.3 Å². The van der Waals surface area contributed by atoms with Gasteiger partial charge in [-0.15, -0.1) is 11.3 Å². The van der Waals surface area contributed by atoms with E-state index in [4.69, 9.17) is 9.84 Å². The summed E-state index contributed by atoms with van der Waals surface area (Å²) >= 11 is 1.33. The zero-order valence-corrected chi connectivity index (χ0v) is 20.0. The lowest BCUT2D eigenvalue weighted by Gasteiger charge is -2.13. The second-order valence-electron chi connectivity index (χ2n) is 8.58. The smallest absolute Gasteiger partial charge is 0.326 e. The molecule has 5 rings (SSSR count). The summed E-state index contributed by atoms with van der Waals surface area (Å²) in [6.07, 6.45) is 2.27. The number of carbonyl (C=O) groups excluding carboxylic acids is 2. The molecular weight excluding hydrogens is 468 g/mol. The minimum Gasteiger partial charge on any atom is -0.456 e. The van der Waals surface area contributed by atoms with Crippen molar-refractivity contribution >= 4 is 44.4 Å². The fraction of sp³-hybridized carbons (Fsp3) is 0.320. The average Bonchev–Trinajstić information content (AvgIpc) is 3.55. The molecule has 0 spiro atoms. The van der Waals surface area contributed by atoms with Crippen molar-refractivity contribution in [3.05, 3.63) is 53.2 Å². The number of aliphatic hydroxyl groups is 2. The number of aromatic nitrogens is 2. The summed E-state index contributed by atoms with van der Waals surface area (Å²) in [4.78, 5) is 32.1. The Bertz CT molecular complexity index is 1410. The highest BCUT2D eigenvalue weighted by molar-refractivity contribution is 7.21. The molecule has 35 heavy (non-hydrogen) atoms. The minimum atomic E-state index is -0.467. The molecule has 2 amide bonds. The number of benzene rings is 1. The van der Waals surface area contributed by atoms with Crippen LogP contribution in [0, 0.1) is 6.92 Å². The van der Waals surface area contributed by atoms with Crippen LogP contribution in [-0.2, 0) is 0 Å². The van der Waals surface area contributed by atoms with Crippen LogP contribution in [0.25, 0.3) is 21.1 Å². The number of aliphatic hydroxyl groups excluding tert-OH is 2. The number of ether oxygens (including phenoxy) is 1. The normalized spacial score (nSPS) is 15.7. The van der Waals surface area contributed by atoms with Crippen molar-refractivity contribution in [3.63, 3.8) is 0 Å². The Kier molecular flexibility index (Phi) is 6.42. The fourth-order valence-electron chi connectivity index (χ4n) is 4.33. The number of β-amino-alcohol motifs (C(OH)–C–C–N with tert-alkyl or cyclic N) is 1. The predicted octanol–water partition coefficient (Wildman–Crippen LogP) is 3.50. The first-order chi connectivity index (χ1) is 16.9. The first-order valence-corrected chi connectivity index (χ1v) is 12.3. The fourth-order valence-corrected chi connectivity index (χ4v) is 5.36. The quantitative estimate of drug-likeness (QED) is 0.353. The predicted molar refractivity (Wildman–Crippen MR) is 133 cm³/mol. The maximum Gasteiger partial charge on any atom is 0.326 e. The van der Waals surface area contributed by atoms with E-state index in [9.17, 15) is 14.7 Å². The number of aryl methyl sites for hydroxylation is 1. The molecular formula is C25H26N4O5S. The topological polar surface area (TPSA) is 117 Å². The minimum absolute atomic E-state index is 0.0237. The molecule has 10 heteroatoms. The molecule has 4 heterocycles. The van der Waals surface area contributed by atoms with Crippen LogP contribution >= 0.6 is 11.3 Å². The first kappa shape index (κ1) is 23.3. The highest BCUT2D eigenvalue weighted by Gasteiger charge is 2.27. The number of likely N-dealkylation sites (tertiary alicyclic amines) is 1. The number of carbonyl (C=O) groups is 2. The van der Waals surface area contributed by atoms with E-state index in [0.717, 1.165) is 21.3 Å². The Balaban J connectivity index is 1.40. The summed E-state index contributed by atoms with van der Waals surface area (Å²) in [6, 6.07) is 10.7. The van der Waals surface area contributed by atoms with Gasteiger partial charge >= 0.3 is 6.03 Å². The van der Waals surface area contributed by atoms with Gasteiger partial charge < -0.3 is 25.2 Å². The van der Waals surface area contributed by atoms with Gasteiger partial charge in [0, 0.05) is 49.6 Å². The Morgan fingerprint density at radius 3 is 2.89 bits per heavy atom. The Morgan fingerprint density at radius 2 is 2.11 bits per heavy atom. The SMILES string of the molecule is Cc1cc2cc(Oc3ccnc4cc(C(=O)N5CC[C@H](O)C5)sc34)ccc2n1C(=O)NCCCO. The standard InChI is InChI=1S/C25H26N4O5S/c1-15-11-16-12-18(3-4-20(16)29(15)25(33)27-7-2-10-30)34-21-5-8-26-19-13-22(35-23(19)21)24(32)28-9-6-17(31)14-28/h3-5,8,11-13,17,30-31H,2,6-7,9-10,14H2,1H3,(H,27,33)/t17-/m0/s1. The lowest BCUT2D eigenvalue weighted by molar-refractivity contribution is 0.0769. The van der Waals surface area contributed by atoms with Crippen molar-refractivity contribution in [2.75, 3.05) is 26.2 Å². The number of fused-ring (bicyclic) bond motifs is 2. The molecule has 3 aromatic heterocycles. The number of nitrogens with zero attached hydrogens (tertiary/aromatic N) is 3.